The van der Waals surface area contributed by atoms with Crippen molar-refractivity contribution < 1.29 is 9.53 Å². The summed E-state index contributed by atoms with van der Waals surface area (Å²) < 4.78 is 5.44. The number of carbonyl (C=O) groups is 1. The Hall–Kier alpha value is -2.36. The fourth-order valence-electron chi connectivity index (χ4n) is 3.19. The van der Waals surface area contributed by atoms with E-state index < -0.39 is 0 Å². The summed E-state index contributed by atoms with van der Waals surface area (Å²) in [6.07, 6.45) is 3.33. The summed E-state index contributed by atoms with van der Waals surface area (Å²) in [5, 5.41) is 6.62. The van der Waals surface area contributed by atoms with Gasteiger partial charge in [-0.05, 0) is 49.6 Å². The van der Waals surface area contributed by atoms with Crippen LogP contribution in [0, 0.1) is 0 Å². The normalized spacial score (nSPS) is 13.7. The highest BCUT2D eigenvalue weighted by Crippen LogP contribution is 2.21. The Kier molecular flexibility index (Phi) is 9.85. The standard InChI is InChI=1S/C22H29N5O2.HI/c1-3-23-22(26-16-18-11-12-24-20(14-18)29-4-2)25-15-17-7-9-19(10-8-17)27-13-5-6-21(27)28;/h7-12,14H,3-6,13,15-16H2,1-2H3,(H2,23,25,26);1H. The second-order valence-electron chi connectivity index (χ2n) is 6.80. The molecule has 1 fully saturated rings. The number of aliphatic imine (C=N–C) groups is 1. The molecule has 1 aromatic carbocycles. The van der Waals surface area contributed by atoms with Crippen molar-refractivity contribution in [2.24, 2.45) is 4.99 Å². The Bertz CT molecular complexity index is 842. The van der Waals surface area contributed by atoms with Gasteiger partial charge in [-0.15, -0.1) is 24.0 Å². The predicted octanol–water partition coefficient (Wildman–Crippen LogP) is 3.48. The van der Waals surface area contributed by atoms with E-state index in [0.717, 1.165) is 42.3 Å². The van der Waals surface area contributed by atoms with Gasteiger partial charge in [-0.25, -0.2) is 9.98 Å². The maximum Gasteiger partial charge on any atom is 0.227 e. The summed E-state index contributed by atoms with van der Waals surface area (Å²) in [7, 11) is 0. The van der Waals surface area contributed by atoms with Crippen LogP contribution in [0.5, 0.6) is 5.88 Å². The van der Waals surface area contributed by atoms with E-state index >= 15 is 0 Å². The van der Waals surface area contributed by atoms with Crippen LogP contribution < -0.4 is 20.3 Å². The molecular formula is C22H30IN5O2. The molecule has 0 radical (unpaired) electrons. The van der Waals surface area contributed by atoms with Crippen molar-refractivity contribution in [1.82, 2.24) is 15.6 Å². The van der Waals surface area contributed by atoms with Gasteiger partial charge in [0.05, 0.1) is 13.2 Å². The van der Waals surface area contributed by atoms with E-state index in [2.05, 4.69) is 32.7 Å². The molecule has 0 bridgehead atoms. The van der Waals surface area contributed by atoms with Crippen LogP contribution in [0.3, 0.4) is 0 Å². The molecule has 1 saturated heterocycles. The van der Waals surface area contributed by atoms with Crippen LogP contribution in [0.15, 0.2) is 47.6 Å². The average molecular weight is 523 g/mol. The molecule has 162 valence electrons. The Labute approximate surface area is 195 Å². The van der Waals surface area contributed by atoms with Crippen LogP contribution in [0.25, 0.3) is 0 Å². The third-order valence-electron chi connectivity index (χ3n) is 4.64. The van der Waals surface area contributed by atoms with Crippen molar-refractivity contribution in [3.05, 3.63) is 53.7 Å². The van der Waals surface area contributed by atoms with Gasteiger partial charge in [-0.2, -0.15) is 0 Å². The molecule has 0 aliphatic carbocycles. The zero-order valence-electron chi connectivity index (χ0n) is 17.6. The fraction of sp³-hybridized carbons (Fsp3) is 0.409. The van der Waals surface area contributed by atoms with Crippen molar-refractivity contribution in [2.45, 2.75) is 39.8 Å². The summed E-state index contributed by atoms with van der Waals surface area (Å²) in [4.78, 5) is 22.6. The molecule has 0 atom stereocenters. The Morgan fingerprint density at radius 1 is 1.17 bits per heavy atom. The van der Waals surface area contributed by atoms with E-state index in [-0.39, 0.29) is 29.9 Å². The summed E-state index contributed by atoms with van der Waals surface area (Å²) in [5.41, 5.74) is 3.15. The third kappa shape index (κ3) is 6.86. The number of guanidine groups is 1. The molecule has 2 heterocycles. The van der Waals surface area contributed by atoms with Crippen molar-refractivity contribution >= 4 is 41.5 Å². The van der Waals surface area contributed by atoms with Crippen molar-refractivity contribution in [1.29, 1.82) is 0 Å². The van der Waals surface area contributed by atoms with E-state index in [1.165, 1.54) is 0 Å². The molecule has 1 aliphatic heterocycles. The number of aromatic nitrogens is 1. The predicted molar refractivity (Wildman–Crippen MR) is 131 cm³/mol. The van der Waals surface area contributed by atoms with Gasteiger partial charge in [0.15, 0.2) is 5.96 Å². The van der Waals surface area contributed by atoms with Gasteiger partial charge in [0.25, 0.3) is 0 Å². The Morgan fingerprint density at radius 3 is 2.63 bits per heavy atom. The Morgan fingerprint density at radius 2 is 1.97 bits per heavy atom. The van der Waals surface area contributed by atoms with E-state index in [1.807, 2.05) is 43.0 Å². The summed E-state index contributed by atoms with van der Waals surface area (Å²) in [6, 6.07) is 12.0. The molecule has 1 aromatic heterocycles. The second-order valence-corrected chi connectivity index (χ2v) is 6.80. The van der Waals surface area contributed by atoms with Crippen LogP contribution >= 0.6 is 24.0 Å². The minimum Gasteiger partial charge on any atom is -0.478 e. The molecule has 8 heteroatoms. The van der Waals surface area contributed by atoms with E-state index in [0.29, 0.717) is 32.0 Å². The van der Waals surface area contributed by atoms with Gasteiger partial charge in [-0.1, -0.05) is 12.1 Å². The molecule has 1 amide bonds. The number of benzene rings is 1. The minimum atomic E-state index is 0. The lowest BCUT2D eigenvalue weighted by Gasteiger charge is -2.16. The van der Waals surface area contributed by atoms with E-state index in [9.17, 15) is 4.79 Å². The number of ether oxygens (including phenoxy) is 1. The van der Waals surface area contributed by atoms with Gasteiger partial charge >= 0.3 is 0 Å². The third-order valence-corrected chi connectivity index (χ3v) is 4.64. The average Bonchev–Trinajstić information content (AvgIpc) is 3.17. The summed E-state index contributed by atoms with van der Waals surface area (Å²) in [6.45, 7) is 7.35. The number of amides is 1. The van der Waals surface area contributed by atoms with Gasteiger partial charge in [0.2, 0.25) is 11.8 Å². The minimum absolute atomic E-state index is 0. The smallest absolute Gasteiger partial charge is 0.227 e. The second kappa shape index (κ2) is 12.4. The molecule has 1 aliphatic rings. The maximum atomic E-state index is 11.9. The van der Waals surface area contributed by atoms with Crippen molar-refractivity contribution in [3.8, 4) is 5.88 Å². The lowest BCUT2D eigenvalue weighted by Crippen LogP contribution is -2.36. The first-order chi connectivity index (χ1) is 14.2. The van der Waals surface area contributed by atoms with Crippen LogP contribution in [0.1, 0.15) is 37.8 Å². The molecule has 3 rings (SSSR count). The number of anilines is 1. The number of hydrogen-bond acceptors (Lipinski definition) is 4. The largest absolute Gasteiger partial charge is 0.478 e. The highest BCUT2D eigenvalue weighted by atomic mass is 127. The van der Waals surface area contributed by atoms with Gasteiger partial charge in [0.1, 0.15) is 0 Å². The van der Waals surface area contributed by atoms with Crippen LogP contribution in [0.2, 0.25) is 0 Å². The maximum absolute atomic E-state index is 11.9. The van der Waals surface area contributed by atoms with Crippen molar-refractivity contribution in [3.63, 3.8) is 0 Å². The molecule has 30 heavy (non-hydrogen) atoms. The molecule has 0 saturated carbocycles. The lowest BCUT2D eigenvalue weighted by atomic mass is 10.2. The highest BCUT2D eigenvalue weighted by Gasteiger charge is 2.21. The lowest BCUT2D eigenvalue weighted by molar-refractivity contribution is -0.117. The number of carbonyl (C=O) groups excluding carboxylic acids is 1. The van der Waals surface area contributed by atoms with Crippen LogP contribution in [-0.2, 0) is 17.9 Å². The van der Waals surface area contributed by atoms with Crippen LogP contribution in [0.4, 0.5) is 5.69 Å². The first kappa shape index (κ1) is 23.9. The van der Waals surface area contributed by atoms with E-state index in [1.54, 1.807) is 6.20 Å². The quantitative estimate of drug-likeness (QED) is 0.315. The number of nitrogens with one attached hydrogen (secondary N) is 2. The van der Waals surface area contributed by atoms with Gasteiger partial charge in [0, 0.05) is 44.0 Å². The molecule has 2 aromatic rings. The number of halogens is 1. The molecule has 0 spiro atoms. The Balaban J connectivity index is 0.00000320. The first-order valence-corrected chi connectivity index (χ1v) is 10.2. The zero-order valence-corrected chi connectivity index (χ0v) is 19.9. The highest BCUT2D eigenvalue weighted by molar-refractivity contribution is 14.0. The van der Waals surface area contributed by atoms with Crippen molar-refractivity contribution in [2.75, 3.05) is 24.6 Å². The fourth-order valence-corrected chi connectivity index (χ4v) is 3.19. The topological polar surface area (TPSA) is 78.9 Å². The SMILES string of the molecule is CCNC(=NCc1ccnc(OCC)c1)NCc1ccc(N2CCCC2=O)cc1.I. The van der Waals surface area contributed by atoms with Gasteiger partial charge < -0.3 is 20.3 Å². The summed E-state index contributed by atoms with van der Waals surface area (Å²) >= 11 is 0. The van der Waals surface area contributed by atoms with E-state index in [4.69, 9.17) is 4.74 Å². The molecule has 0 unspecified atom stereocenters. The number of nitrogens with zero attached hydrogens (tertiary/aromatic N) is 3. The number of rotatable bonds is 8. The van der Waals surface area contributed by atoms with Gasteiger partial charge in [-0.3, -0.25) is 4.79 Å². The first-order valence-electron chi connectivity index (χ1n) is 10.2. The molecule has 7 nitrogen and oxygen atoms in total. The molecule has 2 N–H and O–H groups in total. The number of hydrogen-bond donors (Lipinski definition) is 2. The number of pyridine rings is 1. The zero-order chi connectivity index (χ0) is 20.5. The van der Waals surface area contributed by atoms with Crippen LogP contribution in [-0.4, -0.2) is 36.5 Å². The monoisotopic (exact) mass is 523 g/mol. The summed E-state index contributed by atoms with van der Waals surface area (Å²) in [5.74, 6) is 1.58. The molecular weight excluding hydrogens is 493 g/mol.